The lowest BCUT2D eigenvalue weighted by Gasteiger charge is -2.23. The van der Waals surface area contributed by atoms with E-state index < -0.39 is 6.36 Å². The molecule has 2 heterocycles. The van der Waals surface area contributed by atoms with Crippen LogP contribution in [0.2, 0.25) is 0 Å². The van der Waals surface area contributed by atoms with E-state index in [0.717, 1.165) is 30.8 Å². The SMILES string of the molecule is CN(Cc1ccsc1)C(=O)CN1CC2C(CNCc3cccc(OC(F)(F)F)c3)C2C1. The molecule has 2 atom stereocenters. The van der Waals surface area contributed by atoms with Gasteiger partial charge in [0, 0.05) is 33.2 Å². The first-order valence-electron chi connectivity index (χ1n) is 10.3. The highest BCUT2D eigenvalue weighted by atomic mass is 32.1. The van der Waals surface area contributed by atoms with Gasteiger partial charge in [0.1, 0.15) is 5.75 Å². The van der Waals surface area contributed by atoms with E-state index in [1.54, 1.807) is 28.4 Å². The molecule has 2 aromatic rings. The summed E-state index contributed by atoms with van der Waals surface area (Å²) in [4.78, 5) is 16.5. The summed E-state index contributed by atoms with van der Waals surface area (Å²) >= 11 is 1.63. The van der Waals surface area contributed by atoms with Crippen molar-refractivity contribution in [2.24, 2.45) is 17.8 Å². The van der Waals surface area contributed by atoms with Gasteiger partial charge >= 0.3 is 6.36 Å². The molecule has 1 N–H and O–H groups in total. The Morgan fingerprint density at radius 3 is 2.71 bits per heavy atom. The quantitative estimate of drug-likeness (QED) is 0.631. The van der Waals surface area contributed by atoms with Crippen LogP contribution in [0.25, 0.3) is 0 Å². The molecule has 0 bridgehead atoms. The Balaban J connectivity index is 1.15. The Bertz CT molecular complexity index is 878. The molecule has 4 rings (SSSR count). The largest absolute Gasteiger partial charge is 0.573 e. The van der Waals surface area contributed by atoms with Crippen LogP contribution in [-0.4, -0.2) is 55.3 Å². The number of hydrogen-bond donors (Lipinski definition) is 1. The van der Waals surface area contributed by atoms with Gasteiger partial charge in [-0.2, -0.15) is 11.3 Å². The number of hydrogen-bond acceptors (Lipinski definition) is 5. The van der Waals surface area contributed by atoms with E-state index in [1.165, 1.54) is 12.1 Å². The number of nitrogens with zero attached hydrogens (tertiary/aromatic N) is 2. The Morgan fingerprint density at radius 2 is 2.03 bits per heavy atom. The summed E-state index contributed by atoms with van der Waals surface area (Å²) in [6.07, 6.45) is -4.68. The predicted octanol–water partition coefficient (Wildman–Crippen LogP) is 3.57. The highest BCUT2D eigenvalue weighted by Crippen LogP contribution is 2.51. The van der Waals surface area contributed by atoms with Gasteiger partial charge in [0.15, 0.2) is 0 Å². The minimum atomic E-state index is -4.68. The summed E-state index contributed by atoms with van der Waals surface area (Å²) in [5.41, 5.74) is 1.92. The number of likely N-dealkylation sites (N-methyl/N-ethyl adjacent to an activating group) is 1. The molecule has 0 radical (unpaired) electrons. The number of ether oxygens (including phenoxy) is 1. The highest BCUT2D eigenvalue weighted by Gasteiger charge is 2.55. The van der Waals surface area contributed by atoms with Gasteiger partial charge in [-0.15, -0.1) is 13.2 Å². The average Bonchev–Trinajstić information content (AvgIpc) is 3.07. The summed E-state index contributed by atoms with van der Waals surface area (Å²) in [7, 11) is 1.85. The van der Waals surface area contributed by atoms with Crippen molar-refractivity contribution in [3.63, 3.8) is 0 Å². The summed E-state index contributed by atoms with van der Waals surface area (Å²) in [5.74, 6) is 1.72. The number of thiophene rings is 1. The molecule has 9 heteroatoms. The Morgan fingerprint density at radius 1 is 1.26 bits per heavy atom. The second-order valence-electron chi connectivity index (χ2n) is 8.39. The smallest absolute Gasteiger partial charge is 0.406 e. The number of likely N-dealkylation sites (tertiary alicyclic amines) is 1. The average molecular weight is 454 g/mol. The Hall–Kier alpha value is -2.10. The second-order valence-corrected chi connectivity index (χ2v) is 9.17. The molecule has 1 aliphatic carbocycles. The highest BCUT2D eigenvalue weighted by molar-refractivity contribution is 7.07. The number of alkyl halides is 3. The fraction of sp³-hybridized carbons (Fsp3) is 0.500. The maximum Gasteiger partial charge on any atom is 0.573 e. The monoisotopic (exact) mass is 453 g/mol. The van der Waals surface area contributed by atoms with Crippen LogP contribution in [0.15, 0.2) is 41.1 Å². The van der Waals surface area contributed by atoms with E-state index >= 15 is 0 Å². The molecule has 2 unspecified atom stereocenters. The van der Waals surface area contributed by atoms with Crippen LogP contribution in [0, 0.1) is 17.8 Å². The number of benzene rings is 1. The van der Waals surface area contributed by atoms with E-state index in [9.17, 15) is 18.0 Å². The van der Waals surface area contributed by atoms with Crippen LogP contribution in [0.5, 0.6) is 5.75 Å². The number of piperidine rings is 1. The van der Waals surface area contributed by atoms with Gasteiger partial charge in [0.2, 0.25) is 5.91 Å². The predicted molar refractivity (Wildman–Crippen MR) is 113 cm³/mol. The van der Waals surface area contributed by atoms with E-state index in [-0.39, 0.29) is 11.7 Å². The number of fused-ring (bicyclic) bond motifs is 1. The molecule has 1 aromatic heterocycles. The van der Waals surface area contributed by atoms with Crippen LogP contribution < -0.4 is 10.1 Å². The lowest BCUT2D eigenvalue weighted by atomic mass is 10.2. The number of carbonyl (C=O) groups excluding carboxylic acids is 1. The van der Waals surface area contributed by atoms with Gasteiger partial charge in [-0.05, 0) is 64.4 Å². The van der Waals surface area contributed by atoms with Crippen molar-refractivity contribution < 1.29 is 22.7 Å². The van der Waals surface area contributed by atoms with Crippen LogP contribution in [0.1, 0.15) is 11.1 Å². The molecule has 1 aliphatic heterocycles. The van der Waals surface area contributed by atoms with Gasteiger partial charge < -0.3 is 15.0 Å². The third-order valence-electron chi connectivity index (χ3n) is 6.07. The lowest BCUT2D eigenvalue weighted by molar-refractivity contribution is -0.274. The van der Waals surface area contributed by atoms with Gasteiger partial charge in [0.05, 0.1) is 6.54 Å². The van der Waals surface area contributed by atoms with E-state index in [1.807, 2.05) is 18.5 Å². The van der Waals surface area contributed by atoms with Crippen molar-refractivity contribution in [2.45, 2.75) is 19.5 Å². The zero-order valence-electron chi connectivity index (χ0n) is 17.3. The standard InChI is InChI=1S/C22H26F3N3O2S/c1-27(10-16-5-6-31-14-16)21(29)13-28-11-19-18(20(19)12-28)9-26-8-15-3-2-4-17(7-15)30-22(23,24)25/h2-7,14,18-20,26H,8-13H2,1H3. The third kappa shape index (κ3) is 5.99. The van der Waals surface area contributed by atoms with Crippen molar-refractivity contribution in [2.75, 3.05) is 33.2 Å². The van der Waals surface area contributed by atoms with Gasteiger partial charge in [-0.3, -0.25) is 9.69 Å². The summed E-state index contributed by atoms with van der Waals surface area (Å²) in [6.45, 7) is 4.30. The molecular formula is C22H26F3N3O2S. The normalized spacial score (nSPS) is 22.9. The topological polar surface area (TPSA) is 44.8 Å². The zero-order valence-corrected chi connectivity index (χ0v) is 18.1. The molecule has 2 aliphatic rings. The number of rotatable bonds is 9. The molecule has 1 amide bonds. The minimum absolute atomic E-state index is 0.142. The van der Waals surface area contributed by atoms with Crippen molar-refractivity contribution in [1.29, 1.82) is 0 Å². The molecule has 1 aromatic carbocycles. The number of amides is 1. The molecule has 1 saturated carbocycles. The molecule has 168 valence electrons. The van der Waals surface area contributed by atoms with E-state index in [2.05, 4.69) is 20.3 Å². The van der Waals surface area contributed by atoms with Crippen LogP contribution in [-0.2, 0) is 17.9 Å². The maximum absolute atomic E-state index is 12.5. The number of nitrogens with one attached hydrogen (secondary N) is 1. The van der Waals surface area contributed by atoms with Crippen molar-refractivity contribution in [3.8, 4) is 5.75 Å². The first-order valence-corrected chi connectivity index (χ1v) is 11.3. The molecular weight excluding hydrogens is 427 g/mol. The second kappa shape index (κ2) is 9.18. The fourth-order valence-electron chi connectivity index (χ4n) is 4.46. The van der Waals surface area contributed by atoms with E-state index in [0.29, 0.717) is 37.4 Å². The summed E-state index contributed by atoms with van der Waals surface area (Å²) in [5, 5.41) is 7.43. The fourth-order valence-corrected chi connectivity index (χ4v) is 5.12. The number of halogens is 3. The summed E-state index contributed by atoms with van der Waals surface area (Å²) in [6, 6.07) is 8.10. The Kier molecular flexibility index (Phi) is 6.55. The molecule has 0 spiro atoms. The van der Waals surface area contributed by atoms with Gasteiger partial charge in [-0.1, -0.05) is 12.1 Å². The molecule has 1 saturated heterocycles. The van der Waals surface area contributed by atoms with Crippen LogP contribution >= 0.6 is 11.3 Å². The molecule has 5 nitrogen and oxygen atoms in total. The van der Waals surface area contributed by atoms with Crippen molar-refractivity contribution >= 4 is 17.2 Å². The Labute approximate surface area is 183 Å². The lowest BCUT2D eigenvalue weighted by Crippen LogP contribution is -2.38. The summed E-state index contributed by atoms with van der Waals surface area (Å²) < 4.78 is 41.0. The van der Waals surface area contributed by atoms with E-state index in [4.69, 9.17) is 0 Å². The van der Waals surface area contributed by atoms with Crippen molar-refractivity contribution in [1.82, 2.24) is 15.1 Å². The van der Waals surface area contributed by atoms with Crippen molar-refractivity contribution in [3.05, 3.63) is 52.2 Å². The third-order valence-corrected chi connectivity index (χ3v) is 6.80. The van der Waals surface area contributed by atoms with Gasteiger partial charge in [0.25, 0.3) is 0 Å². The number of carbonyl (C=O) groups is 1. The van der Waals surface area contributed by atoms with Gasteiger partial charge in [-0.25, -0.2) is 0 Å². The zero-order chi connectivity index (χ0) is 22.0. The first kappa shape index (κ1) is 22.1. The first-order chi connectivity index (χ1) is 14.8. The molecule has 2 fully saturated rings. The minimum Gasteiger partial charge on any atom is -0.406 e. The maximum atomic E-state index is 12.5. The van der Waals surface area contributed by atoms with Crippen LogP contribution in [0.3, 0.4) is 0 Å². The molecule has 31 heavy (non-hydrogen) atoms. The van der Waals surface area contributed by atoms with Crippen LogP contribution in [0.4, 0.5) is 13.2 Å².